The van der Waals surface area contributed by atoms with Crippen molar-refractivity contribution in [3.05, 3.63) is 35.4 Å². The number of nitrogens with two attached hydrogens (primary N) is 1. The first-order valence-electron chi connectivity index (χ1n) is 8.73. The monoisotopic (exact) mass is 286 g/mol. The lowest BCUT2D eigenvalue weighted by Crippen LogP contribution is -2.59. The Labute approximate surface area is 129 Å². The summed E-state index contributed by atoms with van der Waals surface area (Å²) >= 11 is 0. The second-order valence-corrected chi connectivity index (χ2v) is 7.20. The summed E-state index contributed by atoms with van der Waals surface area (Å²) in [7, 11) is 0. The third kappa shape index (κ3) is 2.76. The Kier molecular flexibility index (Phi) is 4.37. The molecule has 0 aromatic heterocycles. The quantitative estimate of drug-likeness (QED) is 0.894. The van der Waals surface area contributed by atoms with E-state index < -0.39 is 0 Å². The summed E-state index contributed by atoms with van der Waals surface area (Å²) in [6.07, 6.45) is 7.59. The lowest BCUT2D eigenvalue weighted by molar-refractivity contribution is 0.0494. The zero-order valence-corrected chi connectivity index (χ0v) is 13.6. The number of nitrogens with zero attached hydrogens (tertiary/aromatic N) is 1. The molecule has 1 aromatic rings. The van der Waals surface area contributed by atoms with Crippen LogP contribution in [0.25, 0.3) is 0 Å². The predicted octanol–water partition coefficient (Wildman–Crippen LogP) is 3.70. The standard InChI is InChI=1S/C19H30N2/c1-3-19(2,21-11-7-4-8-12-21)18(20)14-16-13-15-9-5-6-10-17(15)16/h5-6,9-10,16,18H,3-4,7-8,11-14,20H2,1-2H3. The zero-order chi connectivity index (χ0) is 14.9. The van der Waals surface area contributed by atoms with E-state index in [0.29, 0.717) is 5.92 Å². The second kappa shape index (κ2) is 6.10. The summed E-state index contributed by atoms with van der Waals surface area (Å²) in [5.41, 5.74) is 9.97. The third-order valence-electron chi connectivity index (χ3n) is 6.09. The fraction of sp³-hybridized carbons (Fsp3) is 0.684. The first-order chi connectivity index (χ1) is 10.1. The van der Waals surface area contributed by atoms with Crippen molar-refractivity contribution in [2.24, 2.45) is 5.73 Å². The van der Waals surface area contributed by atoms with Gasteiger partial charge in [0.2, 0.25) is 0 Å². The molecule has 2 aliphatic rings. The molecule has 3 atom stereocenters. The van der Waals surface area contributed by atoms with Gasteiger partial charge in [-0.3, -0.25) is 4.90 Å². The minimum absolute atomic E-state index is 0.172. The maximum absolute atomic E-state index is 6.72. The van der Waals surface area contributed by atoms with Crippen molar-refractivity contribution in [1.82, 2.24) is 4.90 Å². The molecule has 3 unspecified atom stereocenters. The van der Waals surface area contributed by atoms with E-state index in [1.165, 1.54) is 44.3 Å². The van der Waals surface area contributed by atoms with Crippen molar-refractivity contribution in [1.29, 1.82) is 0 Å². The molecule has 0 saturated carbocycles. The van der Waals surface area contributed by atoms with Gasteiger partial charge < -0.3 is 5.73 Å². The molecule has 1 saturated heterocycles. The van der Waals surface area contributed by atoms with Crippen LogP contribution in [0.4, 0.5) is 0 Å². The van der Waals surface area contributed by atoms with Crippen molar-refractivity contribution in [2.75, 3.05) is 13.1 Å². The van der Waals surface area contributed by atoms with Crippen LogP contribution in [0.2, 0.25) is 0 Å². The molecule has 21 heavy (non-hydrogen) atoms. The van der Waals surface area contributed by atoms with Gasteiger partial charge in [-0.25, -0.2) is 0 Å². The van der Waals surface area contributed by atoms with E-state index in [4.69, 9.17) is 5.73 Å². The summed E-state index contributed by atoms with van der Waals surface area (Å²) in [5, 5.41) is 0. The fourth-order valence-electron chi connectivity index (χ4n) is 4.26. The Bertz CT molecular complexity index is 478. The molecule has 2 heteroatoms. The van der Waals surface area contributed by atoms with Crippen LogP contribution in [-0.4, -0.2) is 29.6 Å². The van der Waals surface area contributed by atoms with Gasteiger partial charge in [-0.15, -0.1) is 0 Å². The molecule has 0 amide bonds. The average molecular weight is 286 g/mol. The first kappa shape index (κ1) is 15.1. The van der Waals surface area contributed by atoms with Gasteiger partial charge in [0.1, 0.15) is 0 Å². The predicted molar refractivity (Wildman–Crippen MR) is 89.6 cm³/mol. The van der Waals surface area contributed by atoms with Crippen LogP contribution in [0.3, 0.4) is 0 Å². The Morgan fingerprint density at radius 3 is 2.62 bits per heavy atom. The summed E-state index contributed by atoms with van der Waals surface area (Å²) < 4.78 is 0. The Hall–Kier alpha value is -0.860. The molecular formula is C19H30N2. The molecule has 1 fully saturated rings. The lowest BCUT2D eigenvalue weighted by Gasteiger charge is -2.48. The fourth-order valence-corrected chi connectivity index (χ4v) is 4.26. The van der Waals surface area contributed by atoms with Crippen LogP contribution in [-0.2, 0) is 6.42 Å². The lowest BCUT2D eigenvalue weighted by atomic mass is 9.71. The highest BCUT2D eigenvalue weighted by molar-refractivity contribution is 5.40. The highest BCUT2D eigenvalue weighted by Gasteiger charge is 2.39. The number of piperidine rings is 1. The van der Waals surface area contributed by atoms with E-state index in [1.807, 2.05) is 0 Å². The molecule has 3 rings (SSSR count). The van der Waals surface area contributed by atoms with E-state index in [2.05, 4.69) is 43.0 Å². The summed E-state index contributed by atoms with van der Waals surface area (Å²) in [6, 6.07) is 9.15. The molecule has 1 aromatic carbocycles. The van der Waals surface area contributed by atoms with Gasteiger partial charge in [0.05, 0.1) is 0 Å². The highest BCUT2D eigenvalue weighted by atomic mass is 15.2. The van der Waals surface area contributed by atoms with Crippen LogP contribution < -0.4 is 5.73 Å². The number of hydrogen-bond acceptors (Lipinski definition) is 2. The molecule has 0 bridgehead atoms. The van der Waals surface area contributed by atoms with Gasteiger partial charge in [0, 0.05) is 11.6 Å². The van der Waals surface area contributed by atoms with Crippen molar-refractivity contribution in [2.45, 2.75) is 69.9 Å². The maximum atomic E-state index is 6.72. The van der Waals surface area contributed by atoms with Crippen LogP contribution in [0, 0.1) is 0 Å². The van der Waals surface area contributed by atoms with Gasteiger partial charge in [-0.1, -0.05) is 37.6 Å². The molecule has 2 nitrogen and oxygen atoms in total. The van der Waals surface area contributed by atoms with E-state index in [1.54, 1.807) is 5.56 Å². The number of rotatable bonds is 5. The van der Waals surface area contributed by atoms with Crippen LogP contribution in [0.15, 0.2) is 24.3 Å². The Morgan fingerprint density at radius 2 is 1.95 bits per heavy atom. The molecule has 1 aliphatic heterocycles. The molecule has 1 heterocycles. The van der Waals surface area contributed by atoms with E-state index in [-0.39, 0.29) is 11.6 Å². The topological polar surface area (TPSA) is 29.3 Å². The molecule has 0 spiro atoms. The minimum atomic E-state index is 0.172. The highest BCUT2D eigenvalue weighted by Crippen LogP contribution is 2.40. The molecule has 2 N–H and O–H groups in total. The van der Waals surface area contributed by atoms with Crippen molar-refractivity contribution >= 4 is 0 Å². The van der Waals surface area contributed by atoms with Crippen molar-refractivity contribution in [3.63, 3.8) is 0 Å². The second-order valence-electron chi connectivity index (χ2n) is 7.20. The Morgan fingerprint density at radius 1 is 1.24 bits per heavy atom. The molecule has 0 radical (unpaired) electrons. The third-order valence-corrected chi connectivity index (χ3v) is 6.09. The zero-order valence-electron chi connectivity index (χ0n) is 13.6. The average Bonchev–Trinajstić information content (AvgIpc) is 2.52. The number of benzene rings is 1. The first-order valence-corrected chi connectivity index (χ1v) is 8.73. The smallest absolute Gasteiger partial charge is 0.0329 e. The minimum Gasteiger partial charge on any atom is -0.326 e. The summed E-state index contributed by atoms with van der Waals surface area (Å²) in [4.78, 5) is 2.67. The van der Waals surface area contributed by atoms with Gasteiger partial charge in [0.25, 0.3) is 0 Å². The van der Waals surface area contributed by atoms with E-state index >= 15 is 0 Å². The largest absolute Gasteiger partial charge is 0.326 e. The summed E-state index contributed by atoms with van der Waals surface area (Å²) in [5.74, 6) is 0.687. The Balaban J connectivity index is 1.67. The van der Waals surface area contributed by atoms with Crippen LogP contribution >= 0.6 is 0 Å². The molecule has 116 valence electrons. The number of likely N-dealkylation sites (tertiary alicyclic amines) is 1. The summed E-state index contributed by atoms with van der Waals surface area (Å²) in [6.45, 7) is 7.18. The SMILES string of the molecule is CCC(C)(C(N)CC1Cc2ccccc21)N1CCCCC1. The van der Waals surface area contributed by atoms with Gasteiger partial charge in [-0.05, 0) is 69.2 Å². The van der Waals surface area contributed by atoms with E-state index in [9.17, 15) is 0 Å². The molecule has 1 aliphatic carbocycles. The van der Waals surface area contributed by atoms with Crippen molar-refractivity contribution < 1.29 is 0 Å². The van der Waals surface area contributed by atoms with Crippen molar-refractivity contribution in [3.8, 4) is 0 Å². The van der Waals surface area contributed by atoms with Gasteiger partial charge >= 0.3 is 0 Å². The van der Waals surface area contributed by atoms with Gasteiger partial charge in [-0.2, -0.15) is 0 Å². The van der Waals surface area contributed by atoms with Crippen LogP contribution in [0.1, 0.15) is 63.0 Å². The maximum Gasteiger partial charge on any atom is 0.0329 e. The molecular weight excluding hydrogens is 256 g/mol. The number of fused-ring (bicyclic) bond motifs is 1. The van der Waals surface area contributed by atoms with E-state index in [0.717, 1.165) is 12.8 Å². The van der Waals surface area contributed by atoms with Crippen LogP contribution in [0.5, 0.6) is 0 Å². The number of hydrogen-bond donors (Lipinski definition) is 1. The normalized spacial score (nSPS) is 26.5. The van der Waals surface area contributed by atoms with Gasteiger partial charge in [0.15, 0.2) is 0 Å².